The maximum atomic E-state index is 7.87. The summed E-state index contributed by atoms with van der Waals surface area (Å²) < 4.78 is 0. The molecule has 0 amide bonds. The second kappa shape index (κ2) is 7.08. The zero-order valence-electron chi connectivity index (χ0n) is 19.2. The standard InChI is InChI=1S/C25H37ClSi/c1-16-12-14-21(15-13-16)27(26,25(9,10)11)23-20(5)18(3)17(2)19(4)22(23)24(6,7)8/h12-15H,1-11H3. The summed E-state index contributed by atoms with van der Waals surface area (Å²) in [5.74, 6) is 0. The summed E-state index contributed by atoms with van der Waals surface area (Å²) in [5.41, 5.74) is 8.39. The molecule has 148 valence electrons. The van der Waals surface area contributed by atoms with Crippen molar-refractivity contribution in [1.82, 2.24) is 0 Å². The molecule has 2 aromatic rings. The van der Waals surface area contributed by atoms with E-state index >= 15 is 0 Å². The van der Waals surface area contributed by atoms with Gasteiger partial charge in [-0.15, -0.1) is 0 Å². The molecular formula is C25H37ClSi. The highest BCUT2D eigenvalue weighted by atomic mass is 35.6. The largest absolute Gasteiger partial charge is 0.223 e. The summed E-state index contributed by atoms with van der Waals surface area (Å²) in [7, 11) is -2.54. The second-order valence-electron chi connectivity index (χ2n) is 10.3. The molecule has 0 spiro atoms. The van der Waals surface area contributed by atoms with Crippen LogP contribution in [-0.2, 0) is 5.41 Å². The van der Waals surface area contributed by atoms with Crippen molar-refractivity contribution < 1.29 is 0 Å². The van der Waals surface area contributed by atoms with Crippen molar-refractivity contribution in [3.8, 4) is 0 Å². The molecular weight excluding hydrogens is 364 g/mol. The third-order valence-corrected chi connectivity index (χ3v) is 13.7. The van der Waals surface area contributed by atoms with Gasteiger partial charge in [0, 0.05) is 0 Å². The van der Waals surface area contributed by atoms with Crippen molar-refractivity contribution in [2.75, 3.05) is 0 Å². The normalized spacial score (nSPS) is 15.0. The minimum atomic E-state index is -2.54. The van der Waals surface area contributed by atoms with E-state index in [1.807, 2.05) is 0 Å². The average Bonchev–Trinajstić information content (AvgIpc) is 2.53. The second-order valence-corrected chi connectivity index (χ2v) is 15.9. The highest BCUT2D eigenvalue weighted by molar-refractivity contribution is 7.35. The summed E-state index contributed by atoms with van der Waals surface area (Å²) in [5, 5.41) is 2.75. The Kier molecular flexibility index (Phi) is 5.83. The van der Waals surface area contributed by atoms with Gasteiger partial charge in [0.2, 0.25) is 7.38 Å². The average molecular weight is 401 g/mol. The molecule has 0 heterocycles. The molecule has 2 aromatic carbocycles. The fourth-order valence-electron chi connectivity index (χ4n) is 4.42. The number of hydrogen-bond donors (Lipinski definition) is 0. The van der Waals surface area contributed by atoms with Gasteiger partial charge in [-0.3, -0.25) is 0 Å². The lowest BCUT2D eigenvalue weighted by Gasteiger charge is -2.43. The van der Waals surface area contributed by atoms with E-state index in [1.165, 1.54) is 43.8 Å². The fraction of sp³-hybridized carbons (Fsp3) is 0.520. The summed E-state index contributed by atoms with van der Waals surface area (Å²) in [6.45, 7) is 25.2. The van der Waals surface area contributed by atoms with Crippen molar-refractivity contribution in [2.24, 2.45) is 0 Å². The minimum Gasteiger partial charge on any atom is -0.154 e. The van der Waals surface area contributed by atoms with Crippen LogP contribution in [-0.4, -0.2) is 7.38 Å². The molecule has 0 aliphatic heterocycles. The van der Waals surface area contributed by atoms with Gasteiger partial charge in [0.1, 0.15) is 0 Å². The molecule has 0 radical (unpaired) electrons. The predicted molar refractivity (Wildman–Crippen MR) is 126 cm³/mol. The Morgan fingerprint density at radius 2 is 1.11 bits per heavy atom. The smallest absolute Gasteiger partial charge is 0.154 e. The summed E-state index contributed by atoms with van der Waals surface area (Å²) in [6, 6.07) is 8.98. The SMILES string of the molecule is Cc1ccc([Si](Cl)(c2c(C)c(C)c(C)c(C)c2C(C)(C)C)C(C)(C)C)cc1. The van der Waals surface area contributed by atoms with Crippen LogP contribution >= 0.6 is 11.1 Å². The van der Waals surface area contributed by atoms with Crippen molar-refractivity contribution in [3.05, 3.63) is 57.6 Å². The van der Waals surface area contributed by atoms with Crippen LogP contribution in [0.15, 0.2) is 24.3 Å². The van der Waals surface area contributed by atoms with Crippen LogP contribution in [0.5, 0.6) is 0 Å². The Hall–Kier alpha value is -1.05. The van der Waals surface area contributed by atoms with Gasteiger partial charge in [-0.25, -0.2) is 0 Å². The van der Waals surface area contributed by atoms with Gasteiger partial charge < -0.3 is 0 Å². The molecule has 2 heteroatoms. The first-order chi connectivity index (χ1) is 12.1. The zero-order chi connectivity index (χ0) is 20.9. The van der Waals surface area contributed by atoms with E-state index in [-0.39, 0.29) is 10.5 Å². The molecule has 0 aliphatic carbocycles. The van der Waals surface area contributed by atoms with Gasteiger partial charge in [0.15, 0.2) is 0 Å². The van der Waals surface area contributed by atoms with Gasteiger partial charge in [0.25, 0.3) is 0 Å². The van der Waals surface area contributed by atoms with Crippen LogP contribution in [0.3, 0.4) is 0 Å². The first kappa shape index (κ1) is 22.2. The summed E-state index contributed by atoms with van der Waals surface area (Å²) in [4.78, 5) is 0. The van der Waals surface area contributed by atoms with Crippen molar-refractivity contribution in [3.63, 3.8) is 0 Å². The van der Waals surface area contributed by atoms with Crippen LogP contribution < -0.4 is 10.4 Å². The molecule has 1 unspecified atom stereocenters. The first-order valence-electron chi connectivity index (χ1n) is 10.0. The van der Waals surface area contributed by atoms with E-state index in [2.05, 4.69) is 100 Å². The minimum absolute atomic E-state index is 0.0112. The molecule has 0 saturated heterocycles. The van der Waals surface area contributed by atoms with Crippen LogP contribution in [0.25, 0.3) is 0 Å². The number of rotatable bonds is 2. The van der Waals surface area contributed by atoms with Crippen molar-refractivity contribution in [2.45, 2.75) is 86.6 Å². The van der Waals surface area contributed by atoms with E-state index in [4.69, 9.17) is 11.1 Å². The number of aryl methyl sites for hydroxylation is 1. The van der Waals surface area contributed by atoms with Crippen molar-refractivity contribution in [1.29, 1.82) is 0 Å². The maximum absolute atomic E-state index is 7.87. The van der Waals surface area contributed by atoms with Crippen LogP contribution in [0.2, 0.25) is 5.04 Å². The third-order valence-electron chi connectivity index (χ3n) is 6.26. The molecule has 0 bridgehead atoms. The van der Waals surface area contributed by atoms with Gasteiger partial charge in [-0.1, -0.05) is 71.4 Å². The molecule has 0 N–H and O–H groups in total. The van der Waals surface area contributed by atoms with Crippen LogP contribution in [0.4, 0.5) is 0 Å². The topological polar surface area (TPSA) is 0 Å². The highest BCUT2D eigenvalue weighted by Crippen LogP contribution is 2.42. The lowest BCUT2D eigenvalue weighted by atomic mass is 9.80. The Labute approximate surface area is 173 Å². The molecule has 0 nitrogen and oxygen atoms in total. The summed E-state index contributed by atoms with van der Waals surface area (Å²) in [6.07, 6.45) is 0. The van der Waals surface area contributed by atoms with Crippen molar-refractivity contribution >= 4 is 28.8 Å². The fourth-order valence-corrected chi connectivity index (χ4v) is 9.64. The molecule has 0 fully saturated rings. The number of halogens is 1. The molecule has 2 rings (SSSR count). The lowest BCUT2D eigenvalue weighted by Crippen LogP contribution is -2.63. The van der Waals surface area contributed by atoms with Crippen LogP contribution in [0, 0.1) is 34.6 Å². The quantitative estimate of drug-likeness (QED) is 0.392. The monoisotopic (exact) mass is 400 g/mol. The van der Waals surface area contributed by atoms with Gasteiger partial charge in [-0.05, 0) is 83.3 Å². The summed E-state index contributed by atoms with van der Waals surface area (Å²) >= 11 is 7.87. The zero-order valence-corrected chi connectivity index (χ0v) is 20.9. The van der Waals surface area contributed by atoms with Gasteiger partial charge in [0.05, 0.1) is 0 Å². The van der Waals surface area contributed by atoms with E-state index in [1.54, 1.807) is 0 Å². The Morgan fingerprint density at radius 1 is 0.667 bits per heavy atom. The number of benzene rings is 2. The van der Waals surface area contributed by atoms with E-state index < -0.39 is 7.38 Å². The lowest BCUT2D eigenvalue weighted by molar-refractivity contribution is 0.587. The third kappa shape index (κ3) is 3.66. The van der Waals surface area contributed by atoms with Crippen LogP contribution in [0.1, 0.15) is 74.9 Å². The van der Waals surface area contributed by atoms with E-state index in [9.17, 15) is 0 Å². The van der Waals surface area contributed by atoms with Gasteiger partial charge >= 0.3 is 0 Å². The predicted octanol–water partition coefficient (Wildman–Crippen LogP) is 6.62. The first-order valence-corrected chi connectivity index (χ1v) is 13.0. The van der Waals surface area contributed by atoms with Gasteiger partial charge in [-0.2, -0.15) is 11.1 Å². The Bertz CT molecular complexity index is 848. The number of hydrogen-bond acceptors (Lipinski definition) is 0. The Morgan fingerprint density at radius 3 is 1.52 bits per heavy atom. The molecule has 0 aliphatic rings. The Balaban J connectivity index is 3.08. The highest BCUT2D eigenvalue weighted by Gasteiger charge is 2.50. The molecule has 1 atom stereocenters. The molecule has 27 heavy (non-hydrogen) atoms. The molecule has 0 saturated carbocycles. The van der Waals surface area contributed by atoms with E-state index in [0.717, 1.165) is 0 Å². The maximum Gasteiger partial charge on any atom is 0.223 e. The van der Waals surface area contributed by atoms with E-state index in [0.29, 0.717) is 0 Å². The molecule has 0 aromatic heterocycles.